The molecule has 0 aromatic rings. The molecule has 0 aromatic heterocycles. The fourth-order valence-corrected chi connectivity index (χ4v) is 5.71. The zero-order valence-corrected chi connectivity index (χ0v) is 16.8. The largest absolute Gasteiger partial charge is 0.342 e. The number of nitrogens with zero attached hydrogens (tertiary/aromatic N) is 1. The van der Waals surface area contributed by atoms with Gasteiger partial charge in [0.05, 0.1) is 0 Å². The van der Waals surface area contributed by atoms with Gasteiger partial charge in [-0.05, 0) is 62.8 Å². The highest BCUT2D eigenvalue weighted by atomic mass is 35.5. The highest BCUT2D eigenvalue weighted by Gasteiger charge is 2.38. The Morgan fingerprint density at radius 1 is 1.16 bits per heavy atom. The molecule has 1 amide bonds. The molecule has 0 aromatic carbocycles. The minimum Gasteiger partial charge on any atom is -0.342 e. The fourth-order valence-electron chi connectivity index (χ4n) is 4.38. The van der Waals surface area contributed by atoms with Crippen molar-refractivity contribution in [3.63, 3.8) is 0 Å². The first-order chi connectivity index (χ1) is 11.4. The lowest BCUT2D eigenvalue weighted by molar-refractivity contribution is -0.130. The van der Waals surface area contributed by atoms with Crippen LogP contribution in [-0.2, 0) is 14.8 Å². The maximum absolute atomic E-state index is 12.4. The molecule has 25 heavy (non-hydrogen) atoms. The quantitative estimate of drug-likeness (QED) is 0.758. The van der Waals surface area contributed by atoms with Gasteiger partial charge in [-0.15, -0.1) is 12.4 Å². The van der Waals surface area contributed by atoms with Crippen molar-refractivity contribution in [2.75, 3.05) is 31.9 Å². The zero-order chi connectivity index (χ0) is 17.2. The number of halogens is 1. The SMILES string of the molecule is CC1CCC(NS(=O)(=O)CC(=O)N2CCC3(CCNC3)CC2)CC1.Cl. The number of likely N-dealkylation sites (tertiary alicyclic amines) is 1. The summed E-state index contributed by atoms with van der Waals surface area (Å²) in [5, 5.41) is 3.40. The molecule has 2 N–H and O–H groups in total. The number of carbonyl (C=O) groups is 1. The summed E-state index contributed by atoms with van der Waals surface area (Å²) >= 11 is 0. The molecule has 146 valence electrons. The molecule has 0 radical (unpaired) electrons. The third-order valence-electron chi connectivity index (χ3n) is 6.18. The summed E-state index contributed by atoms with van der Waals surface area (Å²) in [5.74, 6) is 0.0372. The molecule has 2 heterocycles. The highest BCUT2D eigenvalue weighted by molar-refractivity contribution is 7.90. The Morgan fingerprint density at radius 3 is 2.36 bits per heavy atom. The Morgan fingerprint density at radius 2 is 1.80 bits per heavy atom. The molecule has 2 aliphatic heterocycles. The molecule has 6 nitrogen and oxygen atoms in total. The van der Waals surface area contributed by atoms with Gasteiger partial charge in [-0.3, -0.25) is 4.79 Å². The second kappa shape index (κ2) is 8.55. The Balaban J connectivity index is 0.00000225. The van der Waals surface area contributed by atoms with Gasteiger partial charge in [0, 0.05) is 25.7 Å². The number of rotatable bonds is 4. The van der Waals surface area contributed by atoms with Crippen molar-refractivity contribution in [3.05, 3.63) is 0 Å². The van der Waals surface area contributed by atoms with E-state index in [1.165, 1.54) is 6.42 Å². The van der Waals surface area contributed by atoms with Crippen LogP contribution in [0.4, 0.5) is 0 Å². The van der Waals surface area contributed by atoms with Gasteiger partial charge >= 0.3 is 0 Å². The number of hydrogen-bond acceptors (Lipinski definition) is 4. The van der Waals surface area contributed by atoms with Gasteiger partial charge in [-0.2, -0.15) is 0 Å². The summed E-state index contributed by atoms with van der Waals surface area (Å²) in [6, 6.07) is 0.00758. The van der Waals surface area contributed by atoms with E-state index >= 15 is 0 Å². The molecule has 0 unspecified atom stereocenters. The molecular weight excluding hydrogens is 362 g/mol. The van der Waals surface area contributed by atoms with Gasteiger partial charge in [0.1, 0.15) is 5.75 Å². The molecular formula is C17H32ClN3O3S. The predicted octanol–water partition coefficient (Wildman–Crippen LogP) is 1.51. The van der Waals surface area contributed by atoms with Crippen LogP contribution in [-0.4, -0.2) is 57.2 Å². The van der Waals surface area contributed by atoms with E-state index in [0.717, 1.165) is 51.6 Å². The molecule has 3 rings (SSSR count). The minimum absolute atomic E-state index is 0. The van der Waals surface area contributed by atoms with Crippen molar-refractivity contribution in [2.45, 2.75) is 57.9 Å². The van der Waals surface area contributed by atoms with Crippen molar-refractivity contribution >= 4 is 28.3 Å². The lowest BCUT2D eigenvalue weighted by atomic mass is 9.78. The highest BCUT2D eigenvalue weighted by Crippen LogP contribution is 2.36. The monoisotopic (exact) mass is 393 g/mol. The Kier molecular flexibility index (Phi) is 7.16. The predicted molar refractivity (Wildman–Crippen MR) is 101 cm³/mol. The molecule has 1 aliphatic carbocycles. The molecule has 1 saturated carbocycles. The first-order valence-corrected chi connectivity index (χ1v) is 11.0. The second-order valence-corrected chi connectivity index (χ2v) is 9.90. The van der Waals surface area contributed by atoms with Gasteiger partial charge in [0.2, 0.25) is 15.9 Å². The van der Waals surface area contributed by atoms with Crippen LogP contribution in [0.1, 0.15) is 51.9 Å². The topological polar surface area (TPSA) is 78.5 Å². The van der Waals surface area contributed by atoms with Crippen molar-refractivity contribution in [3.8, 4) is 0 Å². The van der Waals surface area contributed by atoms with Gasteiger partial charge < -0.3 is 10.2 Å². The minimum atomic E-state index is -3.53. The van der Waals surface area contributed by atoms with Gasteiger partial charge in [-0.25, -0.2) is 13.1 Å². The number of nitrogens with one attached hydrogen (secondary N) is 2. The van der Waals surface area contributed by atoms with Crippen LogP contribution in [0.15, 0.2) is 0 Å². The molecule has 2 saturated heterocycles. The lowest BCUT2D eigenvalue weighted by Gasteiger charge is -2.39. The van der Waals surface area contributed by atoms with E-state index < -0.39 is 15.8 Å². The summed E-state index contributed by atoms with van der Waals surface area (Å²) in [5.41, 5.74) is 0.340. The first kappa shape index (κ1) is 20.9. The summed E-state index contributed by atoms with van der Waals surface area (Å²) in [7, 11) is -3.53. The molecule has 3 fully saturated rings. The van der Waals surface area contributed by atoms with Crippen LogP contribution < -0.4 is 10.0 Å². The molecule has 0 atom stereocenters. The van der Waals surface area contributed by atoms with Crippen molar-refractivity contribution < 1.29 is 13.2 Å². The summed E-state index contributed by atoms with van der Waals surface area (Å²) < 4.78 is 27.4. The molecule has 8 heteroatoms. The van der Waals surface area contributed by atoms with Crippen LogP contribution in [0, 0.1) is 11.3 Å². The molecule has 3 aliphatic rings. The van der Waals surface area contributed by atoms with Crippen LogP contribution in [0.2, 0.25) is 0 Å². The number of hydrogen-bond donors (Lipinski definition) is 2. The average Bonchev–Trinajstić information content (AvgIpc) is 2.97. The second-order valence-electron chi connectivity index (χ2n) is 8.14. The summed E-state index contributed by atoms with van der Waals surface area (Å²) in [4.78, 5) is 14.1. The summed E-state index contributed by atoms with van der Waals surface area (Å²) in [6.45, 7) is 5.69. The van der Waals surface area contributed by atoms with Gasteiger partial charge in [0.25, 0.3) is 0 Å². The van der Waals surface area contributed by atoms with Gasteiger partial charge in [-0.1, -0.05) is 6.92 Å². The normalized spacial score (nSPS) is 29.4. The van der Waals surface area contributed by atoms with E-state index in [9.17, 15) is 13.2 Å². The van der Waals surface area contributed by atoms with Crippen molar-refractivity contribution in [1.29, 1.82) is 0 Å². The Bertz CT molecular complexity index is 545. The first-order valence-electron chi connectivity index (χ1n) is 9.36. The van der Waals surface area contributed by atoms with E-state index in [1.807, 2.05) is 0 Å². The lowest BCUT2D eigenvalue weighted by Crippen LogP contribution is -2.48. The molecule has 0 bridgehead atoms. The zero-order valence-electron chi connectivity index (χ0n) is 15.1. The Labute approximate surface area is 157 Å². The fraction of sp³-hybridized carbons (Fsp3) is 0.941. The van der Waals surface area contributed by atoms with Gasteiger partial charge in [0.15, 0.2) is 0 Å². The van der Waals surface area contributed by atoms with E-state index in [0.29, 0.717) is 24.4 Å². The molecule has 1 spiro atoms. The van der Waals surface area contributed by atoms with Crippen LogP contribution >= 0.6 is 12.4 Å². The standard InChI is InChI=1S/C17H31N3O3S.ClH/c1-14-2-4-15(5-3-14)19-24(22,23)12-16(21)20-10-7-17(8-11-20)6-9-18-13-17;/h14-15,18-19H,2-13H2,1H3;1H. The average molecular weight is 394 g/mol. The maximum atomic E-state index is 12.4. The van der Waals surface area contributed by atoms with Crippen LogP contribution in [0.5, 0.6) is 0 Å². The number of sulfonamides is 1. The number of amides is 1. The maximum Gasteiger partial charge on any atom is 0.239 e. The van der Waals surface area contributed by atoms with Crippen LogP contribution in [0.25, 0.3) is 0 Å². The van der Waals surface area contributed by atoms with E-state index in [-0.39, 0.29) is 24.4 Å². The number of piperidine rings is 1. The third-order valence-corrected chi connectivity index (χ3v) is 7.50. The number of carbonyl (C=O) groups excluding carboxylic acids is 1. The third kappa shape index (κ3) is 5.55. The van der Waals surface area contributed by atoms with E-state index in [1.54, 1.807) is 4.90 Å². The van der Waals surface area contributed by atoms with Crippen molar-refractivity contribution in [2.24, 2.45) is 11.3 Å². The van der Waals surface area contributed by atoms with Crippen molar-refractivity contribution in [1.82, 2.24) is 14.9 Å². The Hall–Kier alpha value is -0.370. The summed E-state index contributed by atoms with van der Waals surface area (Å²) in [6.07, 6.45) is 7.03. The van der Waals surface area contributed by atoms with Crippen LogP contribution in [0.3, 0.4) is 0 Å². The van der Waals surface area contributed by atoms with E-state index in [2.05, 4.69) is 17.0 Å². The smallest absolute Gasteiger partial charge is 0.239 e. The van der Waals surface area contributed by atoms with E-state index in [4.69, 9.17) is 0 Å².